The van der Waals surface area contributed by atoms with Crippen molar-refractivity contribution >= 4 is 34.8 Å². The summed E-state index contributed by atoms with van der Waals surface area (Å²) >= 11 is 12.1. The summed E-state index contributed by atoms with van der Waals surface area (Å²) in [6.07, 6.45) is 0. The van der Waals surface area contributed by atoms with E-state index in [1.54, 1.807) is 18.2 Å². The smallest absolute Gasteiger partial charge is 0.158 e. The van der Waals surface area contributed by atoms with Crippen LogP contribution in [0.3, 0.4) is 0 Å². The van der Waals surface area contributed by atoms with Crippen LogP contribution in [0.1, 0.15) is 39.2 Å². The molecule has 0 radical (unpaired) electrons. The Kier molecular flexibility index (Phi) is 4.78. The van der Waals surface area contributed by atoms with E-state index in [4.69, 9.17) is 23.2 Å². The number of allylic oxidation sites excluding steroid dienone is 4. The maximum absolute atomic E-state index is 12.1. The Morgan fingerprint density at radius 2 is 1.45 bits per heavy atom. The molecule has 1 N–H and O–H groups in total. The predicted octanol–water partition coefficient (Wildman–Crippen LogP) is 4.41. The fourth-order valence-corrected chi connectivity index (χ4v) is 3.26. The van der Waals surface area contributed by atoms with Crippen molar-refractivity contribution in [2.75, 3.05) is 0 Å². The van der Waals surface area contributed by atoms with E-state index in [9.17, 15) is 9.59 Å². The second-order valence-corrected chi connectivity index (χ2v) is 6.24. The molecule has 0 saturated heterocycles. The number of benzene rings is 1. The van der Waals surface area contributed by atoms with Crippen molar-refractivity contribution in [2.24, 2.45) is 0 Å². The Morgan fingerprint density at radius 3 is 1.86 bits per heavy atom. The lowest BCUT2D eigenvalue weighted by atomic mass is 9.78. The Balaban J connectivity index is 2.71. The summed E-state index contributed by atoms with van der Waals surface area (Å²) in [4.78, 5) is 24.3. The molecule has 1 aromatic carbocycles. The molecule has 0 aliphatic carbocycles. The van der Waals surface area contributed by atoms with Crippen LogP contribution in [0, 0.1) is 0 Å². The highest BCUT2D eigenvalue weighted by molar-refractivity contribution is 6.42. The zero-order valence-electron chi connectivity index (χ0n) is 12.9. The summed E-state index contributed by atoms with van der Waals surface area (Å²) in [6, 6.07) is 5.20. The van der Waals surface area contributed by atoms with Crippen LogP contribution in [0.15, 0.2) is 40.7 Å². The highest BCUT2D eigenvalue weighted by atomic mass is 35.5. The van der Waals surface area contributed by atoms with Gasteiger partial charge in [0, 0.05) is 28.5 Å². The molecular weight excluding hydrogens is 321 g/mol. The lowest BCUT2D eigenvalue weighted by molar-refractivity contribution is -0.114. The van der Waals surface area contributed by atoms with E-state index < -0.39 is 5.92 Å². The maximum atomic E-state index is 12.1. The molecule has 0 unspecified atom stereocenters. The van der Waals surface area contributed by atoms with Crippen LogP contribution in [0.4, 0.5) is 0 Å². The Hall–Kier alpha value is -1.58. The SMILES string of the molecule is CC(=O)C1=C(C)NC(C)=C(C(C)=O)C1c1ccc(Cl)c(Cl)c1. The average molecular weight is 338 g/mol. The Bertz CT molecular complexity index is 696. The first-order valence-electron chi connectivity index (χ1n) is 6.89. The largest absolute Gasteiger partial charge is 0.362 e. The summed E-state index contributed by atoms with van der Waals surface area (Å²) in [5.74, 6) is -0.578. The van der Waals surface area contributed by atoms with Gasteiger partial charge in [-0.1, -0.05) is 29.3 Å². The third kappa shape index (κ3) is 2.96. The minimum atomic E-state index is -0.425. The van der Waals surface area contributed by atoms with Crippen LogP contribution in [-0.4, -0.2) is 11.6 Å². The molecule has 0 aromatic heterocycles. The summed E-state index contributed by atoms with van der Waals surface area (Å²) < 4.78 is 0. The van der Waals surface area contributed by atoms with E-state index in [0.29, 0.717) is 21.2 Å². The second kappa shape index (κ2) is 6.27. The number of Topliss-reactive ketones (excluding diaryl/α,β-unsaturated/α-hetero) is 2. The lowest BCUT2D eigenvalue weighted by Gasteiger charge is -2.30. The van der Waals surface area contributed by atoms with Gasteiger partial charge in [-0.2, -0.15) is 0 Å². The first kappa shape index (κ1) is 16.8. The van der Waals surface area contributed by atoms with Gasteiger partial charge < -0.3 is 5.32 Å². The summed E-state index contributed by atoms with van der Waals surface area (Å²) in [5.41, 5.74) is 3.45. The molecular formula is C17H17Cl2NO2. The lowest BCUT2D eigenvalue weighted by Crippen LogP contribution is -2.29. The van der Waals surface area contributed by atoms with Gasteiger partial charge in [-0.15, -0.1) is 0 Å². The molecule has 1 aliphatic heterocycles. The average Bonchev–Trinajstić information content (AvgIpc) is 2.39. The fourth-order valence-electron chi connectivity index (χ4n) is 2.95. The normalized spacial score (nSPS) is 15.9. The first-order valence-corrected chi connectivity index (χ1v) is 7.65. The molecule has 2 rings (SSSR count). The molecule has 22 heavy (non-hydrogen) atoms. The van der Waals surface area contributed by atoms with Crippen molar-refractivity contribution in [3.63, 3.8) is 0 Å². The van der Waals surface area contributed by atoms with Crippen molar-refractivity contribution in [1.82, 2.24) is 5.32 Å². The molecule has 0 atom stereocenters. The van der Waals surface area contributed by atoms with E-state index in [1.807, 2.05) is 13.8 Å². The third-order valence-corrected chi connectivity index (χ3v) is 4.53. The number of rotatable bonds is 3. The maximum Gasteiger partial charge on any atom is 0.158 e. The minimum Gasteiger partial charge on any atom is -0.362 e. The standard InChI is InChI=1S/C17H17Cl2NO2/c1-8-15(10(3)21)17(16(11(4)22)9(2)20-8)12-5-6-13(18)14(19)7-12/h5-7,17,20H,1-4H3. The summed E-state index contributed by atoms with van der Waals surface area (Å²) in [7, 11) is 0. The monoisotopic (exact) mass is 337 g/mol. The number of hydrogen-bond donors (Lipinski definition) is 1. The molecule has 0 saturated carbocycles. The first-order chi connectivity index (χ1) is 10.2. The zero-order valence-corrected chi connectivity index (χ0v) is 14.4. The van der Waals surface area contributed by atoms with Gasteiger partial charge in [0.25, 0.3) is 0 Å². The van der Waals surface area contributed by atoms with Gasteiger partial charge in [0.1, 0.15) is 0 Å². The van der Waals surface area contributed by atoms with Gasteiger partial charge in [-0.05, 0) is 45.4 Å². The van der Waals surface area contributed by atoms with Crippen LogP contribution in [0.2, 0.25) is 10.0 Å². The zero-order chi connectivity index (χ0) is 16.6. The number of dihydropyridines is 1. The molecule has 0 spiro atoms. The van der Waals surface area contributed by atoms with E-state index in [2.05, 4.69) is 5.32 Å². The van der Waals surface area contributed by atoms with Gasteiger partial charge in [-0.25, -0.2) is 0 Å². The highest BCUT2D eigenvalue weighted by Crippen LogP contribution is 2.40. The Labute approximate surface area is 140 Å². The highest BCUT2D eigenvalue weighted by Gasteiger charge is 2.33. The van der Waals surface area contributed by atoms with Crippen molar-refractivity contribution in [1.29, 1.82) is 0 Å². The van der Waals surface area contributed by atoms with Crippen molar-refractivity contribution in [3.8, 4) is 0 Å². The van der Waals surface area contributed by atoms with Crippen LogP contribution in [-0.2, 0) is 9.59 Å². The van der Waals surface area contributed by atoms with E-state index in [0.717, 1.165) is 17.0 Å². The van der Waals surface area contributed by atoms with Crippen LogP contribution < -0.4 is 5.32 Å². The summed E-state index contributed by atoms with van der Waals surface area (Å²) in [5, 5.41) is 3.97. The van der Waals surface area contributed by atoms with E-state index in [-0.39, 0.29) is 11.6 Å². The molecule has 3 nitrogen and oxygen atoms in total. The molecule has 0 fully saturated rings. The number of carbonyl (C=O) groups excluding carboxylic acids is 2. The fraction of sp³-hybridized carbons (Fsp3) is 0.294. The van der Waals surface area contributed by atoms with Crippen LogP contribution >= 0.6 is 23.2 Å². The second-order valence-electron chi connectivity index (χ2n) is 5.42. The van der Waals surface area contributed by atoms with E-state index >= 15 is 0 Å². The number of hydrogen-bond acceptors (Lipinski definition) is 3. The van der Waals surface area contributed by atoms with Gasteiger partial charge in [0.2, 0.25) is 0 Å². The number of halogens is 2. The Morgan fingerprint density at radius 1 is 0.955 bits per heavy atom. The quantitative estimate of drug-likeness (QED) is 0.888. The number of ketones is 2. The molecule has 1 aliphatic rings. The van der Waals surface area contributed by atoms with Crippen LogP contribution in [0.25, 0.3) is 0 Å². The van der Waals surface area contributed by atoms with E-state index in [1.165, 1.54) is 13.8 Å². The molecule has 0 bridgehead atoms. The summed E-state index contributed by atoms with van der Waals surface area (Å²) in [6.45, 7) is 6.68. The third-order valence-electron chi connectivity index (χ3n) is 3.80. The van der Waals surface area contributed by atoms with Gasteiger partial charge in [0.05, 0.1) is 10.0 Å². The number of carbonyl (C=O) groups is 2. The van der Waals surface area contributed by atoms with Crippen molar-refractivity contribution in [2.45, 2.75) is 33.6 Å². The van der Waals surface area contributed by atoms with Crippen molar-refractivity contribution < 1.29 is 9.59 Å². The van der Waals surface area contributed by atoms with Gasteiger partial charge >= 0.3 is 0 Å². The molecule has 116 valence electrons. The van der Waals surface area contributed by atoms with Gasteiger partial charge in [-0.3, -0.25) is 9.59 Å². The van der Waals surface area contributed by atoms with Crippen LogP contribution in [0.5, 0.6) is 0 Å². The molecule has 5 heteroatoms. The van der Waals surface area contributed by atoms with Crippen molar-refractivity contribution in [3.05, 3.63) is 56.3 Å². The van der Waals surface area contributed by atoms with Gasteiger partial charge in [0.15, 0.2) is 11.6 Å². The topological polar surface area (TPSA) is 46.2 Å². The molecule has 0 amide bonds. The molecule has 1 heterocycles. The molecule has 1 aromatic rings. The number of nitrogens with one attached hydrogen (secondary N) is 1. The minimum absolute atomic E-state index is 0.0766. The predicted molar refractivity (Wildman–Crippen MR) is 89.1 cm³/mol.